The van der Waals surface area contributed by atoms with E-state index in [2.05, 4.69) is 22.2 Å². The third-order valence-corrected chi connectivity index (χ3v) is 3.92. The molecule has 1 aromatic rings. The summed E-state index contributed by atoms with van der Waals surface area (Å²) in [7, 11) is 1.59. The van der Waals surface area contributed by atoms with E-state index in [0.717, 1.165) is 18.2 Å². The Kier molecular flexibility index (Phi) is 4.82. The lowest BCUT2D eigenvalue weighted by Gasteiger charge is -2.30. The predicted octanol–water partition coefficient (Wildman–Crippen LogP) is 2.84. The summed E-state index contributed by atoms with van der Waals surface area (Å²) in [5.41, 5.74) is 5.69. The second-order valence-electron chi connectivity index (χ2n) is 5.21. The first-order valence-corrected chi connectivity index (χ1v) is 7.18. The average Bonchev–Trinajstić information content (AvgIpc) is 2.45. The minimum Gasteiger partial charge on any atom is -0.481 e. The lowest BCUT2D eigenvalue weighted by Crippen LogP contribution is -2.30. The second kappa shape index (κ2) is 6.59. The highest BCUT2D eigenvalue weighted by Crippen LogP contribution is 2.29. The van der Waals surface area contributed by atoms with Crippen molar-refractivity contribution in [1.29, 1.82) is 0 Å². The Hall–Kier alpha value is -1.52. The van der Waals surface area contributed by atoms with Gasteiger partial charge in [-0.25, -0.2) is 0 Å². The zero-order valence-electron chi connectivity index (χ0n) is 11.9. The summed E-state index contributed by atoms with van der Waals surface area (Å²) >= 11 is 0. The third-order valence-electron chi connectivity index (χ3n) is 3.92. The highest BCUT2D eigenvalue weighted by atomic mass is 16.5. The average molecular weight is 264 g/mol. The topological polar surface area (TPSA) is 73.1 Å². The maximum absolute atomic E-state index is 5.69. The van der Waals surface area contributed by atoms with E-state index in [1.54, 1.807) is 7.11 Å². The molecule has 0 bridgehead atoms. The van der Waals surface area contributed by atoms with Gasteiger partial charge in [-0.05, 0) is 25.2 Å². The first-order valence-electron chi connectivity index (χ1n) is 7.18. The summed E-state index contributed by atoms with van der Waals surface area (Å²) in [5.74, 6) is 2.26. The molecule has 5 nitrogen and oxygen atoms in total. The molecule has 106 valence electrons. The van der Waals surface area contributed by atoms with Gasteiger partial charge >= 0.3 is 0 Å². The fraction of sp³-hybridized carbons (Fsp3) is 0.714. The molecule has 1 aliphatic carbocycles. The molecular weight excluding hydrogens is 240 g/mol. The Balaban J connectivity index is 2.06. The van der Waals surface area contributed by atoms with Crippen molar-refractivity contribution >= 4 is 11.8 Å². The number of nitrogens with zero attached hydrogens (tertiary/aromatic N) is 2. The highest BCUT2D eigenvalue weighted by Gasteiger charge is 2.22. The van der Waals surface area contributed by atoms with Gasteiger partial charge in [0.2, 0.25) is 11.8 Å². The van der Waals surface area contributed by atoms with Crippen LogP contribution in [0.25, 0.3) is 0 Å². The molecule has 1 fully saturated rings. The van der Waals surface area contributed by atoms with Crippen molar-refractivity contribution in [2.45, 2.75) is 51.5 Å². The van der Waals surface area contributed by atoms with Crippen LogP contribution in [0.2, 0.25) is 0 Å². The standard InChI is InChI=1S/C14H24N4O/c1-3-11(10-7-5-4-6-8-10)16-12-9-13(19-2)18-14(15)17-12/h9-11H,3-8H2,1-2H3,(H3,15,16,17,18). The van der Waals surface area contributed by atoms with E-state index in [0.29, 0.717) is 11.9 Å². The van der Waals surface area contributed by atoms with Gasteiger partial charge in [0.05, 0.1) is 7.11 Å². The molecule has 3 N–H and O–H groups in total. The molecule has 0 radical (unpaired) electrons. The molecule has 0 amide bonds. The minimum atomic E-state index is 0.250. The number of hydrogen-bond acceptors (Lipinski definition) is 5. The maximum atomic E-state index is 5.69. The summed E-state index contributed by atoms with van der Waals surface area (Å²) < 4.78 is 5.13. The number of anilines is 2. The van der Waals surface area contributed by atoms with E-state index in [4.69, 9.17) is 10.5 Å². The number of nitrogens with two attached hydrogens (primary N) is 1. The molecule has 1 aliphatic rings. The van der Waals surface area contributed by atoms with E-state index in [-0.39, 0.29) is 5.95 Å². The largest absolute Gasteiger partial charge is 0.481 e. The Morgan fingerprint density at radius 2 is 2.11 bits per heavy atom. The van der Waals surface area contributed by atoms with E-state index < -0.39 is 0 Å². The molecule has 5 heteroatoms. The SMILES string of the molecule is CCC(Nc1cc(OC)nc(N)n1)C1CCCCC1. The molecule has 1 unspecified atom stereocenters. The van der Waals surface area contributed by atoms with E-state index in [1.165, 1.54) is 32.1 Å². The van der Waals surface area contributed by atoms with Gasteiger partial charge in [-0.1, -0.05) is 26.2 Å². The van der Waals surface area contributed by atoms with Gasteiger partial charge in [0, 0.05) is 12.1 Å². The van der Waals surface area contributed by atoms with Crippen molar-refractivity contribution < 1.29 is 4.74 Å². The first-order chi connectivity index (χ1) is 9.22. The second-order valence-corrected chi connectivity index (χ2v) is 5.21. The van der Waals surface area contributed by atoms with E-state index in [9.17, 15) is 0 Å². The molecule has 1 aromatic heterocycles. The molecule has 1 atom stereocenters. The quantitative estimate of drug-likeness (QED) is 0.855. The van der Waals surface area contributed by atoms with Gasteiger partial charge in [0.1, 0.15) is 5.82 Å². The van der Waals surface area contributed by atoms with Gasteiger partial charge in [-0.2, -0.15) is 9.97 Å². The van der Waals surface area contributed by atoms with Gasteiger partial charge in [0.15, 0.2) is 0 Å². The summed E-state index contributed by atoms with van der Waals surface area (Å²) in [4.78, 5) is 8.24. The fourth-order valence-corrected chi connectivity index (χ4v) is 2.90. The van der Waals surface area contributed by atoms with Crippen molar-refractivity contribution in [2.24, 2.45) is 5.92 Å². The predicted molar refractivity (Wildman–Crippen MR) is 77.3 cm³/mol. The highest BCUT2D eigenvalue weighted by molar-refractivity contribution is 5.43. The summed E-state index contributed by atoms with van der Waals surface area (Å²) in [5, 5.41) is 3.50. The fourth-order valence-electron chi connectivity index (χ4n) is 2.90. The van der Waals surface area contributed by atoms with E-state index in [1.807, 2.05) is 6.07 Å². The molecule has 0 aliphatic heterocycles. The number of nitrogen functional groups attached to an aromatic ring is 1. The smallest absolute Gasteiger partial charge is 0.225 e. The molecule has 19 heavy (non-hydrogen) atoms. The Labute approximate surface area is 115 Å². The first kappa shape index (κ1) is 13.9. The molecule has 0 saturated heterocycles. The summed E-state index contributed by atoms with van der Waals surface area (Å²) in [6, 6.07) is 2.27. The van der Waals surface area contributed by atoms with Gasteiger partial charge in [0.25, 0.3) is 0 Å². The van der Waals surface area contributed by atoms with Crippen LogP contribution in [0.15, 0.2) is 6.07 Å². The van der Waals surface area contributed by atoms with Crippen molar-refractivity contribution in [2.75, 3.05) is 18.2 Å². The molecule has 0 spiro atoms. The number of methoxy groups -OCH3 is 1. The van der Waals surface area contributed by atoms with Crippen molar-refractivity contribution in [3.63, 3.8) is 0 Å². The molecule has 1 heterocycles. The Morgan fingerprint density at radius 3 is 2.74 bits per heavy atom. The molecule has 0 aromatic carbocycles. The monoisotopic (exact) mass is 264 g/mol. The van der Waals surface area contributed by atoms with Crippen LogP contribution in [-0.4, -0.2) is 23.1 Å². The van der Waals surface area contributed by atoms with Crippen molar-refractivity contribution in [1.82, 2.24) is 9.97 Å². The maximum Gasteiger partial charge on any atom is 0.225 e. The lowest BCUT2D eigenvalue weighted by molar-refractivity contribution is 0.312. The summed E-state index contributed by atoms with van der Waals surface area (Å²) in [6.45, 7) is 2.22. The van der Waals surface area contributed by atoms with Crippen LogP contribution in [-0.2, 0) is 0 Å². The lowest BCUT2D eigenvalue weighted by atomic mass is 9.83. The van der Waals surface area contributed by atoms with E-state index >= 15 is 0 Å². The van der Waals surface area contributed by atoms with Crippen LogP contribution in [0.5, 0.6) is 5.88 Å². The van der Waals surface area contributed by atoms with Gasteiger partial charge < -0.3 is 15.8 Å². The number of hydrogen-bond donors (Lipinski definition) is 2. The van der Waals surface area contributed by atoms with Crippen LogP contribution in [0.4, 0.5) is 11.8 Å². The van der Waals surface area contributed by atoms with Crippen LogP contribution in [0.3, 0.4) is 0 Å². The zero-order chi connectivity index (χ0) is 13.7. The number of ether oxygens (including phenoxy) is 1. The zero-order valence-corrected chi connectivity index (χ0v) is 11.9. The third kappa shape index (κ3) is 3.72. The molecule has 1 saturated carbocycles. The van der Waals surface area contributed by atoms with Gasteiger partial charge in [-0.3, -0.25) is 0 Å². The van der Waals surface area contributed by atoms with Crippen molar-refractivity contribution in [3.8, 4) is 5.88 Å². The normalized spacial score (nSPS) is 18.0. The number of nitrogens with one attached hydrogen (secondary N) is 1. The Bertz CT molecular complexity index is 404. The van der Waals surface area contributed by atoms with Crippen LogP contribution in [0, 0.1) is 5.92 Å². The molecular formula is C14H24N4O. The molecule has 2 rings (SSSR count). The number of aromatic nitrogens is 2. The van der Waals surface area contributed by atoms with Crippen LogP contribution >= 0.6 is 0 Å². The Morgan fingerprint density at radius 1 is 1.37 bits per heavy atom. The van der Waals surface area contributed by atoms with Crippen LogP contribution < -0.4 is 15.8 Å². The number of rotatable bonds is 5. The van der Waals surface area contributed by atoms with Crippen LogP contribution in [0.1, 0.15) is 45.4 Å². The van der Waals surface area contributed by atoms with Crippen molar-refractivity contribution in [3.05, 3.63) is 6.07 Å². The van der Waals surface area contributed by atoms with Gasteiger partial charge in [-0.15, -0.1) is 0 Å². The minimum absolute atomic E-state index is 0.250. The summed E-state index contributed by atoms with van der Waals surface area (Å²) in [6.07, 6.45) is 7.78.